The fourth-order valence-corrected chi connectivity index (χ4v) is 4.38. The molecule has 1 aliphatic heterocycles. The van der Waals surface area contributed by atoms with E-state index in [1.807, 2.05) is 0 Å². The molecule has 0 spiro atoms. The van der Waals surface area contributed by atoms with Gasteiger partial charge in [0.1, 0.15) is 11.5 Å². The van der Waals surface area contributed by atoms with Crippen molar-refractivity contribution >= 4 is 40.8 Å². The molecule has 7 nitrogen and oxygen atoms in total. The molecule has 0 radical (unpaired) electrons. The number of piperazine rings is 1. The van der Waals surface area contributed by atoms with E-state index in [0.29, 0.717) is 10.8 Å². The van der Waals surface area contributed by atoms with Crippen LogP contribution in [0.3, 0.4) is 0 Å². The Morgan fingerprint density at radius 2 is 1.86 bits per heavy atom. The van der Waals surface area contributed by atoms with E-state index in [9.17, 15) is 13.2 Å². The van der Waals surface area contributed by atoms with Crippen molar-refractivity contribution in [1.29, 1.82) is 0 Å². The lowest BCUT2D eigenvalue weighted by Gasteiger charge is -2.36. The van der Waals surface area contributed by atoms with Crippen LogP contribution in [0.2, 0.25) is 5.15 Å². The Hall–Kier alpha value is -2.37. The summed E-state index contributed by atoms with van der Waals surface area (Å²) < 4.78 is 40.5. The van der Waals surface area contributed by atoms with Crippen LogP contribution in [0.25, 0.3) is 0 Å². The summed E-state index contributed by atoms with van der Waals surface area (Å²) in [7, 11) is 0. The maximum atomic E-state index is 12.8. The van der Waals surface area contributed by atoms with Crippen molar-refractivity contribution in [3.8, 4) is 0 Å². The van der Waals surface area contributed by atoms with Gasteiger partial charge in [-0.25, -0.2) is 4.98 Å². The van der Waals surface area contributed by atoms with Gasteiger partial charge in [-0.3, -0.25) is 10.3 Å². The van der Waals surface area contributed by atoms with Crippen LogP contribution >= 0.6 is 23.8 Å². The minimum Gasteiger partial charge on any atom is -0.375 e. The molecule has 1 aromatic heterocycles. The fourth-order valence-electron chi connectivity index (χ4n) is 4.08. The van der Waals surface area contributed by atoms with Crippen molar-refractivity contribution in [2.75, 3.05) is 37.6 Å². The molecule has 0 unspecified atom stereocenters. The Morgan fingerprint density at radius 3 is 2.46 bits per heavy atom. The third kappa shape index (κ3) is 7.81. The molecule has 0 amide bonds. The normalized spacial score (nSPS) is 15.2. The summed E-state index contributed by atoms with van der Waals surface area (Å²) in [5.41, 5.74) is 8.90. The van der Waals surface area contributed by atoms with Crippen LogP contribution in [0, 0.1) is 0 Å². The monoisotopic (exact) mass is 529 g/mol. The predicted octanol–water partition coefficient (Wildman–Crippen LogP) is 4.28. The maximum absolute atomic E-state index is 12.8. The highest BCUT2D eigenvalue weighted by atomic mass is 35.5. The summed E-state index contributed by atoms with van der Waals surface area (Å²) in [5.74, 6) is 0.931. The average Bonchev–Trinajstić information content (AvgIpc) is 3.11. The number of hydrogen-bond donors (Lipinski definition) is 2. The molecule has 2 aromatic rings. The number of thiocarbonyl (C=S) groups is 1. The first kappa shape index (κ1) is 27.2. The Labute approximate surface area is 214 Å². The lowest BCUT2D eigenvalue weighted by Crippen LogP contribution is -2.46. The van der Waals surface area contributed by atoms with E-state index in [2.05, 4.69) is 36.8 Å². The third-order valence-electron chi connectivity index (χ3n) is 5.94. The molecule has 0 bridgehead atoms. The van der Waals surface area contributed by atoms with Gasteiger partial charge in [-0.1, -0.05) is 24.9 Å². The zero-order chi connectivity index (χ0) is 25.4. The Morgan fingerprint density at radius 1 is 1.17 bits per heavy atom. The molecule has 1 aromatic carbocycles. The van der Waals surface area contributed by atoms with Gasteiger partial charge in [0, 0.05) is 44.8 Å². The van der Waals surface area contributed by atoms with E-state index in [4.69, 9.17) is 29.6 Å². The van der Waals surface area contributed by atoms with E-state index in [0.717, 1.165) is 88.6 Å². The summed E-state index contributed by atoms with van der Waals surface area (Å²) in [6.45, 7) is 7.01. The van der Waals surface area contributed by atoms with Gasteiger partial charge in [-0.2, -0.15) is 18.3 Å². The maximum Gasteiger partial charge on any atom is 0.416 e. The number of alkyl halides is 3. The number of rotatable bonds is 10. The Bertz CT molecular complexity index is 1000. The topological polar surface area (TPSA) is 74.7 Å². The van der Waals surface area contributed by atoms with Crippen molar-refractivity contribution in [2.45, 2.75) is 45.3 Å². The van der Waals surface area contributed by atoms with E-state index in [1.54, 1.807) is 18.3 Å². The molecule has 2 heterocycles. The first-order valence-electron chi connectivity index (χ1n) is 11.7. The lowest BCUT2D eigenvalue weighted by atomic mass is 10.1. The minimum absolute atomic E-state index is 0.0741. The number of halogens is 4. The number of nitrogens with two attached hydrogens (primary N) is 1. The molecule has 3 N–H and O–H groups in total. The molecule has 3 rings (SSSR count). The largest absolute Gasteiger partial charge is 0.416 e. The van der Waals surface area contributed by atoms with E-state index < -0.39 is 11.7 Å². The van der Waals surface area contributed by atoms with Crippen LogP contribution in [-0.4, -0.2) is 58.5 Å². The van der Waals surface area contributed by atoms with Gasteiger partial charge in [0.15, 0.2) is 10.3 Å². The molecule has 0 aliphatic carbocycles. The number of hydrogen-bond acceptors (Lipinski definition) is 5. The predicted molar refractivity (Wildman–Crippen MR) is 138 cm³/mol. The van der Waals surface area contributed by atoms with E-state index in [-0.39, 0.29) is 5.11 Å². The third-order valence-corrected chi connectivity index (χ3v) is 6.31. The van der Waals surface area contributed by atoms with Gasteiger partial charge >= 0.3 is 6.18 Å². The molecule has 35 heavy (non-hydrogen) atoms. The van der Waals surface area contributed by atoms with Crippen LogP contribution in [0.4, 0.5) is 18.9 Å². The van der Waals surface area contributed by atoms with E-state index in [1.165, 1.54) is 0 Å². The van der Waals surface area contributed by atoms with Crippen LogP contribution in [-0.2, 0) is 19.1 Å². The Kier molecular flexibility index (Phi) is 9.76. The molecule has 1 fully saturated rings. The number of nitrogens with zero attached hydrogens (tertiary/aromatic N) is 5. The Balaban J connectivity index is 1.54. The molecule has 1 aliphatic rings. The van der Waals surface area contributed by atoms with Crippen molar-refractivity contribution in [2.24, 2.45) is 10.8 Å². The fraction of sp³-hybridized carbons (Fsp3) is 0.522. The molecule has 12 heteroatoms. The number of hydrazone groups is 1. The highest BCUT2D eigenvalue weighted by Crippen LogP contribution is 2.30. The van der Waals surface area contributed by atoms with Crippen LogP contribution in [0.1, 0.15) is 43.3 Å². The zero-order valence-electron chi connectivity index (χ0n) is 19.7. The standard InChI is InChI=1S/C23H31ClF3N7S/c1-2-3-5-20-30-21(24)19(16-29-31-22(28)35)34(20)11-4-10-32-12-14-33(15-13-32)18-8-6-17(7-9-18)23(25,26)27/h6-9,16H,2-5,10-15H2,1H3,(H3,28,31,35)/b29-16+. The van der Waals surface area contributed by atoms with Gasteiger partial charge in [0.2, 0.25) is 0 Å². The second-order valence-corrected chi connectivity index (χ2v) is 9.22. The first-order valence-corrected chi connectivity index (χ1v) is 12.5. The molecular formula is C23H31ClF3N7S. The second-order valence-electron chi connectivity index (χ2n) is 8.42. The van der Waals surface area contributed by atoms with Crippen LogP contribution < -0.4 is 16.1 Å². The molecule has 0 saturated carbocycles. The smallest absolute Gasteiger partial charge is 0.375 e. The van der Waals surface area contributed by atoms with Crippen molar-refractivity contribution < 1.29 is 13.2 Å². The number of benzene rings is 1. The number of aromatic nitrogens is 2. The van der Waals surface area contributed by atoms with Gasteiger partial charge in [0.05, 0.1) is 11.8 Å². The molecular weight excluding hydrogens is 499 g/mol. The average molecular weight is 530 g/mol. The van der Waals surface area contributed by atoms with Crippen molar-refractivity contribution in [3.63, 3.8) is 0 Å². The van der Waals surface area contributed by atoms with Crippen molar-refractivity contribution in [3.05, 3.63) is 46.5 Å². The SMILES string of the molecule is CCCCc1nc(Cl)c(/C=N/NC(N)=S)n1CCCN1CCN(c2ccc(C(F)(F)F)cc2)CC1. The quantitative estimate of drug-likeness (QED) is 0.272. The lowest BCUT2D eigenvalue weighted by molar-refractivity contribution is -0.137. The minimum atomic E-state index is -4.31. The summed E-state index contributed by atoms with van der Waals surface area (Å²) in [6, 6.07) is 5.39. The summed E-state index contributed by atoms with van der Waals surface area (Å²) >= 11 is 11.2. The van der Waals surface area contributed by atoms with Gasteiger partial charge in [0.25, 0.3) is 0 Å². The highest BCUT2D eigenvalue weighted by molar-refractivity contribution is 7.80. The van der Waals surface area contributed by atoms with Gasteiger partial charge < -0.3 is 15.2 Å². The van der Waals surface area contributed by atoms with E-state index >= 15 is 0 Å². The van der Waals surface area contributed by atoms with Gasteiger partial charge in [-0.05, 0) is 55.9 Å². The molecule has 1 saturated heterocycles. The summed E-state index contributed by atoms with van der Waals surface area (Å²) in [6.07, 6.45) is 1.08. The van der Waals surface area contributed by atoms with Crippen LogP contribution in [0.5, 0.6) is 0 Å². The number of aryl methyl sites for hydroxylation is 1. The summed E-state index contributed by atoms with van der Waals surface area (Å²) in [5, 5.41) is 4.52. The highest BCUT2D eigenvalue weighted by Gasteiger charge is 2.30. The second kappa shape index (κ2) is 12.5. The number of imidazole rings is 1. The molecule has 192 valence electrons. The van der Waals surface area contributed by atoms with Gasteiger partial charge in [-0.15, -0.1) is 0 Å². The summed E-state index contributed by atoms with van der Waals surface area (Å²) in [4.78, 5) is 9.02. The van der Waals surface area contributed by atoms with Crippen molar-refractivity contribution in [1.82, 2.24) is 19.9 Å². The van der Waals surface area contributed by atoms with Crippen LogP contribution in [0.15, 0.2) is 29.4 Å². The number of nitrogens with one attached hydrogen (secondary N) is 1. The zero-order valence-corrected chi connectivity index (χ0v) is 21.3. The number of unbranched alkanes of at least 4 members (excludes halogenated alkanes) is 1. The first-order chi connectivity index (χ1) is 16.7. The number of anilines is 1. The molecule has 0 atom stereocenters.